The molecule has 7 heteroatoms. The average Bonchev–Trinajstić information content (AvgIpc) is 3.43. The minimum absolute atomic E-state index is 0.150. The second kappa shape index (κ2) is 9.63. The van der Waals surface area contributed by atoms with Crippen LogP contribution in [0.3, 0.4) is 0 Å². The summed E-state index contributed by atoms with van der Waals surface area (Å²) in [5.74, 6) is 2.54. The van der Waals surface area contributed by atoms with Crippen molar-refractivity contribution in [3.63, 3.8) is 0 Å². The summed E-state index contributed by atoms with van der Waals surface area (Å²) in [4.78, 5) is 4.28. The summed E-state index contributed by atoms with van der Waals surface area (Å²) < 4.78 is 28.9. The number of guanidine groups is 1. The molecule has 0 heterocycles. The van der Waals surface area contributed by atoms with E-state index in [0.29, 0.717) is 31.4 Å². The van der Waals surface area contributed by atoms with Gasteiger partial charge in [-0.3, -0.25) is 4.99 Å². The number of rotatable bonds is 10. The topological polar surface area (TPSA) is 79.8 Å². The van der Waals surface area contributed by atoms with Gasteiger partial charge in [-0.2, -0.15) is 0 Å². The molecule has 2 N–H and O–H groups in total. The van der Waals surface area contributed by atoms with Crippen LogP contribution < -0.4 is 15.4 Å². The fourth-order valence-corrected chi connectivity index (χ4v) is 3.63. The zero-order chi connectivity index (χ0) is 20.8. The molecule has 1 fully saturated rings. The summed E-state index contributed by atoms with van der Waals surface area (Å²) in [6.07, 6.45) is 4.42. The number of aryl methyl sites for hydroxylation is 1. The van der Waals surface area contributed by atoms with E-state index in [9.17, 15) is 8.42 Å². The van der Waals surface area contributed by atoms with Gasteiger partial charge in [-0.25, -0.2) is 8.42 Å². The Morgan fingerprint density at radius 1 is 1.29 bits per heavy atom. The molecule has 1 saturated carbocycles. The predicted octanol–water partition coefficient (Wildman–Crippen LogP) is 2.91. The Morgan fingerprint density at radius 3 is 2.61 bits per heavy atom. The van der Waals surface area contributed by atoms with Crippen LogP contribution in [-0.2, 0) is 16.4 Å². The molecule has 1 aromatic carbocycles. The smallest absolute Gasteiger partial charge is 0.191 e. The van der Waals surface area contributed by atoms with Crippen molar-refractivity contribution in [1.29, 1.82) is 0 Å². The molecule has 0 radical (unpaired) electrons. The van der Waals surface area contributed by atoms with E-state index in [-0.39, 0.29) is 11.2 Å². The molecule has 0 aromatic heterocycles. The maximum Gasteiger partial charge on any atom is 0.191 e. The Kier molecular flexibility index (Phi) is 7.75. The number of hydrogen-bond acceptors (Lipinski definition) is 4. The van der Waals surface area contributed by atoms with Crippen LogP contribution in [0.25, 0.3) is 0 Å². The number of nitrogens with one attached hydrogen (secondary N) is 2. The largest absolute Gasteiger partial charge is 0.493 e. The van der Waals surface area contributed by atoms with Crippen LogP contribution in [0.5, 0.6) is 5.75 Å². The molecule has 1 aliphatic carbocycles. The maximum atomic E-state index is 11.4. The SMILES string of the molecule is CN=C(NCc1ccc(C)cc1OCC1CC1)NCC(C)(C)CCS(C)(=O)=O. The van der Waals surface area contributed by atoms with E-state index >= 15 is 0 Å². The number of ether oxygens (including phenoxy) is 1. The van der Waals surface area contributed by atoms with E-state index in [1.54, 1.807) is 7.05 Å². The van der Waals surface area contributed by atoms with Crippen LogP contribution in [0, 0.1) is 18.3 Å². The molecular weight excluding hydrogens is 374 g/mol. The van der Waals surface area contributed by atoms with Gasteiger partial charge < -0.3 is 15.4 Å². The van der Waals surface area contributed by atoms with Gasteiger partial charge in [0.15, 0.2) is 5.96 Å². The van der Waals surface area contributed by atoms with Crippen LogP contribution in [0.1, 0.15) is 44.2 Å². The maximum absolute atomic E-state index is 11.4. The number of nitrogens with zero attached hydrogens (tertiary/aromatic N) is 1. The van der Waals surface area contributed by atoms with Crippen LogP contribution in [0.4, 0.5) is 0 Å². The molecular formula is C21H35N3O3S. The minimum atomic E-state index is -2.95. The fraction of sp³-hybridized carbons (Fsp3) is 0.667. The normalized spacial score (nSPS) is 15.4. The highest BCUT2D eigenvalue weighted by Crippen LogP contribution is 2.30. The van der Waals surface area contributed by atoms with Gasteiger partial charge in [0.25, 0.3) is 0 Å². The zero-order valence-electron chi connectivity index (χ0n) is 17.8. The summed E-state index contributed by atoms with van der Waals surface area (Å²) in [5, 5.41) is 6.64. The van der Waals surface area contributed by atoms with Crippen LogP contribution in [-0.4, -0.2) is 46.6 Å². The van der Waals surface area contributed by atoms with E-state index in [0.717, 1.165) is 17.9 Å². The zero-order valence-corrected chi connectivity index (χ0v) is 18.7. The second-order valence-electron chi connectivity index (χ2n) is 8.69. The van der Waals surface area contributed by atoms with Crippen molar-refractivity contribution in [2.24, 2.45) is 16.3 Å². The Morgan fingerprint density at radius 2 is 2.00 bits per heavy atom. The summed E-state index contributed by atoms with van der Waals surface area (Å²) in [6, 6.07) is 6.27. The lowest BCUT2D eigenvalue weighted by Gasteiger charge is -2.26. The molecule has 0 unspecified atom stereocenters. The number of hydrogen-bond donors (Lipinski definition) is 2. The minimum Gasteiger partial charge on any atom is -0.493 e. The van der Waals surface area contributed by atoms with E-state index in [1.807, 2.05) is 0 Å². The fourth-order valence-electron chi connectivity index (χ4n) is 2.71. The molecule has 158 valence electrons. The van der Waals surface area contributed by atoms with Crippen LogP contribution in [0.2, 0.25) is 0 Å². The Bertz CT molecular complexity index is 784. The van der Waals surface area contributed by atoms with Gasteiger partial charge in [0.2, 0.25) is 0 Å². The quantitative estimate of drug-likeness (QED) is 0.459. The van der Waals surface area contributed by atoms with E-state index < -0.39 is 9.84 Å². The number of sulfone groups is 1. The predicted molar refractivity (Wildman–Crippen MR) is 116 cm³/mol. The van der Waals surface area contributed by atoms with E-state index in [4.69, 9.17) is 4.74 Å². The van der Waals surface area contributed by atoms with Crippen molar-refractivity contribution < 1.29 is 13.2 Å². The van der Waals surface area contributed by atoms with Gasteiger partial charge in [0, 0.05) is 32.0 Å². The molecule has 1 aromatic rings. The third-order valence-corrected chi connectivity index (χ3v) is 5.89. The molecule has 6 nitrogen and oxygen atoms in total. The molecule has 0 saturated heterocycles. The first-order valence-corrected chi connectivity index (χ1v) is 12.0. The summed E-state index contributed by atoms with van der Waals surface area (Å²) in [6.45, 7) is 8.23. The first-order valence-electron chi connectivity index (χ1n) is 9.92. The van der Waals surface area contributed by atoms with E-state index in [1.165, 1.54) is 24.7 Å². The van der Waals surface area contributed by atoms with Gasteiger partial charge in [0.1, 0.15) is 15.6 Å². The molecule has 0 bridgehead atoms. The lowest BCUT2D eigenvalue weighted by atomic mass is 9.90. The standard InChI is InChI=1S/C21H35N3O3S/c1-16-6-9-18(19(12-16)27-14-17-7-8-17)13-23-20(22-4)24-15-21(2,3)10-11-28(5,25)26/h6,9,12,17H,7-8,10-11,13-15H2,1-5H3,(H2,22,23,24). The lowest BCUT2D eigenvalue weighted by molar-refractivity contribution is 0.296. The highest BCUT2D eigenvalue weighted by atomic mass is 32.2. The van der Waals surface area contributed by atoms with Gasteiger partial charge in [-0.05, 0) is 49.1 Å². The highest BCUT2D eigenvalue weighted by Gasteiger charge is 2.23. The van der Waals surface area contributed by atoms with Crippen molar-refractivity contribution in [1.82, 2.24) is 10.6 Å². The molecule has 0 aliphatic heterocycles. The number of aliphatic imine (C=N–C) groups is 1. The second-order valence-corrected chi connectivity index (χ2v) is 10.9. The summed E-state index contributed by atoms with van der Waals surface area (Å²) in [5.41, 5.74) is 2.14. The highest BCUT2D eigenvalue weighted by molar-refractivity contribution is 7.90. The third-order valence-electron chi connectivity index (χ3n) is 4.95. The summed E-state index contributed by atoms with van der Waals surface area (Å²) >= 11 is 0. The average molecular weight is 410 g/mol. The molecule has 2 rings (SSSR count). The Hall–Kier alpha value is -1.76. The van der Waals surface area contributed by atoms with Gasteiger partial charge >= 0.3 is 0 Å². The van der Waals surface area contributed by atoms with E-state index in [2.05, 4.69) is 54.6 Å². The molecule has 0 amide bonds. The first-order chi connectivity index (χ1) is 13.1. The Balaban J connectivity index is 1.87. The van der Waals surface area contributed by atoms with Crippen molar-refractivity contribution in [2.75, 3.05) is 32.2 Å². The van der Waals surface area contributed by atoms with Crippen molar-refractivity contribution in [3.8, 4) is 5.75 Å². The van der Waals surface area contributed by atoms with Crippen molar-refractivity contribution in [2.45, 2.75) is 46.6 Å². The summed E-state index contributed by atoms with van der Waals surface area (Å²) in [7, 11) is -1.22. The molecule has 1 aliphatic rings. The third kappa shape index (κ3) is 8.50. The van der Waals surface area contributed by atoms with Crippen LogP contribution in [0.15, 0.2) is 23.2 Å². The number of benzene rings is 1. The first kappa shape index (κ1) is 22.5. The Labute approximate surface area is 170 Å². The lowest BCUT2D eigenvalue weighted by Crippen LogP contribution is -2.42. The van der Waals surface area contributed by atoms with Gasteiger partial charge in [-0.1, -0.05) is 26.0 Å². The molecule has 28 heavy (non-hydrogen) atoms. The van der Waals surface area contributed by atoms with Crippen LogP contribution >= 0.6 is 0 Å². The van der Waals surface area contributed by atoms with Gasteiger partial charge in [-0.15, -0.1) is 0 Å². The van der Waals surface area contributed by atoms with Crippen molar-refractivity contribution in [3.05, 3.63) is 29.3 Å². The van der Waals surface area contributed by atoms with Crippen molar-refractivity contribution >= 4 is 15.8 Å². The monoisotopic (exact) mass is 409 g/mol. The molecule has 0 atom stereocenters. The van der Waals surface area contributed by atoms with Gasteiger partial charge in [0.05, 0.1) is 12.4 Å². The molecule has 0 spiro atoms.